The van der Waals surface area contributed by atoms with Crippen LogP contribution in [0.1, 0.15) is 5.56 Å². The van der Waals surface area contributed by atoms with E-state index in [1.807, 2.05) is 0 Å². The lowest BCUT2D eigenvalue weighted by Gasteiger charge is -2.05. The van der Waals surface area contributed by atoms with E-state index in [-0.39, 0.29) is 10.5 Å². The van der Waals surface area contributed by atoms with Crippen molar-refractivity contribution in [1.29, 1.82) is 0 Å². The topological polar surface area (TPSA) is 103 Å². The molecule has 2 N–H and O–H groups in total. The summed E-state index contributed by atoms with van der Waals surface area (Å²) in [7, 11) is -3.67. The van der Waals surface area contributed by atoms with Gasteiger partial charge in [0.05, 0.1) is 15.6 Å². The molecule has 0 spiro atoms. The maximum atomic E-state index is 13.5. The molecule has 0 atom stereocenters. The number of halogens is 1. The van der Waals surface area contributed by atoms with Gasteiger partial charge in [-0.3, -0.25) is 10.1 Å². The van der Waals surface area contributed by atoms with Crippen LogP contribution >= 0.6 is 0 Å². The third kappa shape index (κ3) is 3.34. The Morgan fingerprint density at radius 1 is 1.14 bits per heavy atom. The summed E-state index contributed by atoms with van der Waals surface area (Å²) >= 11 is 0. The van der Waals surface area contributed by atoms with Gasteiger partial charge in [-0.2, -0.15) is 4.39 Å². The molecule has 0 saturated heterocycles. The van der Waals surface area contributed by atoms with E-state index in [0.717, 1.165) is 12.1 Å². The van der Waals surface area contributed by atoms with E-state index in [1.54, 1.807) is 0 Å². The first-order chi connectivity index (χ1) is 9.79. The minimum atomic E-state index is -3.67. The second-order valence-corrected chi connectivity index (χ2v) is 6.36. The first-order valence-corrected chi connectivity index (χ1v) is 7.46. The molecular formula is C13H11FN2O4S. The molecular weight excluding hydrogens is 299 g/mol. The van der Waals surface area contributed by atoms with E-state index in [0.29, 0.717) is 5.69 Å². The van der Waals surface area contributed by atoms with Gasteiger partial charge in [-0.25, -0.2) is 8.42 Å². The fourth-order valence-corrected chi connectivity index (χ4v) is 3.10. The molecule has 0 aliphatic rings. The van der Waals surface area contributed by atoms with Crippen molar-refractivity contribution < 1.29 is 17.7 Å². The summed E-state index contributed by atoms with van der Waals surface area (Å²) in [5.74, 6) is -1.52. The molecule has 0 unspecified atom stereocenters. The Morgan fingerprint density at radius 3 is 2.29 bits per heavy atom. The second kappa shape index (κ2) is 5.49. The van der Waals surface area contributed by atoms with Crippen LogP contribution < -0.4 is 5.73 Å². The average molecular weight is 310 g/mol. The Bertz CT molecular complexity index is 788. The molecule has 6 nitrogen and oxygen atoms in total. The van der Waals surface area contributed by atoms with E-state index in [4.69, 9.17) is 5.73 Å². The zero-order valence-corrected chi connectivity index (χ0v) is 11.5. The summed E-state index contributed by atoms with van der Waals surface area (Å²) in [6, 6.07) is 8.62. The van der Waals surface area contributed by atoms with E-state index < -0.39 is 32.0 Å². The Balaban J connectivity index is 2.31. The molecule has 0 heterocycles. The number of hydrogen-bond acceptors (Lipinski definition) is 5. The van der Waals surface area contributed by atoms with Gasteiger partial charge in [-0.15, -0.1) is 0 Å². The van der Waals surface area contributed by atoms with Gasteiger partial charge in [0.2, 0.25) is 5.82 Å². The number of nitrogen functional groups attached to an aromatic ring is 1. The van der Waals surface area contributed by atoms with Crippen LogP contribution in [0.4, 0.5) is 15.8 Å². The highest BCUT2D eigenvalue weighted by Crippen LogP contribution is 2.22. The molecule has 110 valence electrons. The molecule has 0 fully saturated rings. The van der Waals surface area contributed by atoms with Crippen molar-refractivity contribution in [2.24, 2.45) is 0 Å². The van der Waals surface area contributed by atoms with Crippen LogP contribution in [-0.4, -0.2) is 13.3 Å². The summed E-state index contributed by atoms with van der Waals surface area (Å²) in [5, 5.41) is 10.5. The third-order valence-electron chi connectivity index (χ3n) is 2.80. The van der Waals surface area contributed by atoms with E-state index in [1.165, 1.54) is 30.3 Å². The lowest BCUT2D eigenvalue weighted by atomic mass is 10.2. The lowest BCUT2D eigenvalue weighted by Crippen LogP contribution is -2.06. The Morgan fingerprint density at radius 2 is 1.76 bits per heavy atom. The summed E-state index contributed by atoms with van der Waals surface area (Å²) in [5.41, 5.74) is 5.35. The van der Waals surface area contributed by atoms with Gasteiger partial charge in [0.25, 0.3) is 0 Å². The predicted molar refractivity (Wildman–Crippen MR) is 74.8 cm³/mol. The molecule has 0 aliphatic carbocycles. The smallest absolute Gasteiger partial charge is 0.304 e. The molecule has 0 aliphatic heterocycles. The Labute approximate surface area is 120 Å². The molecule has 0 aromatic heterocycles. The molecule has 2 rings (SSSR count). The van der Waals surface area contributed by atoms with Crippen LogP contribution in [0.15, 0.2) is 47.4 Å². The number of nitro benzene ring substituents is 1. The largest absolute Gasteiger partial charge is 0.399 e. The van der Waals surface area contributed by atoms with Gasteiger partial charge < -0.3 is 5.73 Å². The van der Waals surface area contributed by atoms with Gasteiger partial charge in [-0.1, -0.05) is 6.07 Å². The van der Waals surface area contributed by atoms with Crippen LogP contribution in [0.3, 0.4) is 0 Å². The average Bonchev–Trinajstić information content (AvgIpc) is 2.38. The number of hydrogen-bond donors (Lipinski definition) is 1. The van der Waals surface area contributed by atoms with Gasteiger partial charge in [0, 0.05) is 11.8 Å². The number of nitrogens with two attached hydrogens (primary N) is 1. The van der Waals surface area contributed by atoms with Gasteiger partial charge >= 0.3 is 5.69 Å². The first kappa shape index (κ1) is 14.9. The van der Waals surface area contributed by atoms with Crippen molar-refractivity contribution >= 4 is 21.2 Å². The summed E-state index contributed by atoms with van der Waals surface area (Å²) in [4.78, 5) is 9.69. The monoisotopic (exact) mass is 310 g/mol. The van der Waals surface area contributed by atoms with Crippen LogP contribution in [-0.2, 0) is 15.6 Å². The zero-order chi connectivity index (χ0) is 15.6. The maximum Gasteiger partial charge on any atom is 0.304 e. The summed E-state index contributed by atoms with van der Waals surface area (Å²) < 4.78 is 37.8. The normalized spacial score (nSPS) is 11.3. The molecule has 0 bridgehead atoms. The number of anilines is 1. The molecule has 21 heavy (non-hydrogen) atoms. The lowest BCUT2D eigenvalue weighted by molar-refractivity contribution is -0.387. The molecule has 8 heteroatoms. The molecule has 0 radical (unpaired) electrons. The van der Waals surface area contributed by atoms with Crippen LogP contribution in [0.5, 0.6) is 0 Å². The predicted octanol–water partition coefficient (Wildman–Crippen LogP) is 2.29. The maximum absolute atomic E-state index is 13.5. The van der Waals surface area contributed by atoms with Crippen molar-refractivity contribution in [3.8, 4) is 0 Å². The standard InChI is InChI=1S/C13H11FN2O4S/c14-12-7-9(1-6-13(12)16(17)18)8-21(19,20)11-4-2-10(15)3-5-11/h1-7H,8,15H2. The van der Waals surface area contributed by atoms with E-state index in [2.05, 4.69) is 0 Å². The number of benzene rings is 2. The summed E-state index contributed by atoms with van der Waals surface area (Å²) in [6.07, 6.45) is 0. The van der Waals surface area contributed by atoms with Crippen LogP contribution in [0, 0.1) is 15.9 Å². The van der Waals surface area contributed by atoms with Crippen molar-refractivity contribution in [1.82, 2.24) is 0 Å². The van der Waals surface area contributed by atoms with Crippen molar-refractivity contribution in [2.75, 3.05) is 5.73 Å². The molecule has 0 saturated carbocycles. The third-order valence-corrected chi connectivity index (χ3v) is 4.51. The highest BCUT2D eigenvalue weighted by Gasteiger charge is 2.19. The highest BCUT2D eigenvalue weighted by atomic mass is 32.2. The van der Waals surface area contributed by atoms with Gasteiger partial charge in [0.1, 0.15) is 0 Å². The molecule has 0 amide bonds. The van der Waals surface area contributed by atoms with Crippen molar-refractivity contribution in [2.45, 2.75) is 10.6 Å². The van der Waals surface area contributed by atoms with Crippen molar-refractivity contribution in [3.63, 3.8) is 0 Å². The first-order valence-electron chi connectivity index (χ1n) is 5.81. The summed E-state index contributed by atoms with van der Waals surface area (Å²) in [6.45, 7) is 0. The van der Waals surface area contributed by atoms with Crippen LogP contribution in [0.2, 0.25) is 0 Å². The second-order valence-electron chi connectivity index (χ2n) is 4.37. The van der Waals surface area contributed by atoms with Crippen LogP contribution in [0.25, 0.3) is 0 Å². The Kier molecular flexibility index (Phi) is 3.90. The number of rotatable bonds is 4. The fourth-order valence-electron chi connectivity index (χ4n) is 1.77. The zero-order valence-electron chi connectivity index (χ0n) is 10.7. The SMILES string of the molecule is Nc1ccc(S(=O)(=O)Cc2ccc([N+](=O)[O-])c(F)c2)cc1. The fraction of sp³-hybridized carbons (Fsp3) is 0.0769. The number of nitro groups is 1. The quantitative estimate of drug-likeness (QED) is 0.530. The molecule has 2 aromatic rings. The number of sulfone groups is 1. The van der Waals surface area contributed by atoms with Crippen molar-refractivity contribution in [3.05, 3.63) is 64.0 Å². The minimum Gasteiger partial charge on any atom is -0.399 e. The highest BCUT2D eigenvalue weighted by molar-refractivity contribution is 7.90. The Hall–Kier alpha value is -2.48. The van der Waals surface area contributed by atoms with E-state index in [9.17, 15) is 22.9 Å². The minimum absolute atomic E-state index is 0.0514. The van der Waals surface area contributed by atoms with Gasteiger partial charge in [-0.05, 0) is 35.9 Å². The van der Waals surface area contributed by atoms with E-state index >= 15 is 0 Å². The molecule has 2 aromatic carbocycles. The number of nitrogens with zero attached hydrogens (tertiary/aromatic N) is 1. The van der Waals surface area contributed by atoms with Gasteiger partial charge in [0.15, 0.2) is 9.84 Å².